The highest BCUT2D eigenvalue weighted by molar-refractivity contribution is 14.0. The summed E-state index contributed by atoms with van der Waals surface area (Å²) >= 11 is 0. The molecule has 0 saturated carbocycles. The maximum Gasteiger partial charge on any atom is 0.242 e. The van der Waals surface area contributed by atoms with E-state index in [9.17, 15) is 8.42 Å². The summed E-state index contributed by atoms with van der Waals surface area (Å²) in [7, 11) is 1.61. The van der Waals surface area contributed by atoms with Crippen LogP contribution in [0, 0.1) is 0 Å². The lowest BCUT2D eigenvalue weighted by molar-refractivity contribution is 0.464. The third-order valence-corrected chi connectivity index (χ3v) is 5.59. The molecule has 6 nitrogen and oxygen atoms in total. The van der Waals surface area contributed by atoms with Gasteiger partial charge in [0.1, 0.15) is 0 Å². The van der Waals surface area contributed by atoms with Crippen LogP contribution in [0.15, 0.2) is 34.2 Å². The Morgan fingerprint density at radius 3 is 2.36 bits per heavy atom. The number of halogens is 1. The fourth-order valence-electron chi connectivity index (χ4n) is 2.21. The van der Waals surface area contributed by atoms with Crippen molar-refractivity contribution < 1.29 is 8.42 Å². The largest absolute Gasteiger partial charge is 0.357 e. The van der Waals surface area contributed by atoms with Crippen molar-refractivity contribution in [2.75, 3.05) is 34.2 Å². The van der Waals surface area contributed by atoms with Gasteiger partial charge in [0.2, 0.25) is 10.0 Å². The zero-order valence-corrected chi connectivity index (χ0v) is 19.0. The summed E-state index contributed by atoms with van der Waals surface area (Å²) in [6.45, 7) is 6.18. The van der Waals surface area contributed by atoms with Gasteiger partial charge in [-0.25, -0.2) is 17.7 Å². The number of hydrogen-bond donors (Lipinski definition) is 1. The van der Waals surface area contributed by atoms with Crippen LogP contribution < -0.4 is 5.32 Å². The summed E-state index contributed by atoms with van der Waals surface area (Å²) in [5.74, 6) is 0.794. The Morgan fingerprint density at radius 1 is 1.16 bits per heavy atom. The Labute approximate surface area is 169 Å². The first kappa shape index (κ1) is 24.1. The van der Waals surface area contributed by atoms with Crippen LogP contribution in [0.3, 0.4) is 0 Å². The van der Waals surface area contributed by atoms with Crippen molar-refractivity contribution in [3.8, 4) is 0 Å². The first-order valence-electron chi connectivity index (χ1n) is 8.34. The molecule has 0 bridgehead atoms. The molecule has 0 radical (unpaired) electrons. The number of benzene rings is 1. The van der Waals surface area contributed by atoms with Gasteiger partial charge < -0.3 is 10.2 Å². The number of rotatable bonds is 8. The van der Waals surface area contributed by atoms with Gasteiger partial charge in [-0.2, -0.15) is 0 Å². The van der Waals surface area contributed by atoms with E-state index in [0.29, 0.717) is 17.0 Å². The smallest absolute Gasteiger partial charge is 0.242 e. The minimum absolute atomic E-state index is 0. The Hall–Kier alpha value is -0.870. The second-order valence-corrected chi connectivity index (χ2v) is 7.96. The Kier molecular flexibility index (Phi) is 11.3. The summed E-state index contributed by atoms with van der Waals surface area (Å²) in [6, 6.07) is 7.03. The molecule has 1 aromatic carbocycles. The topological polar surface area (TPSA) is 65.0 Å². The van der Waals surface area contributed by atoms with E-state index in [1.807, 2.05) is 26.1 Å². The number of hydrogen-bond acceptors (Lipinski definition) is 3. The average molecular weight is 482 g/mol. The molecule has 0 aliphatic carbocycles. The molecule has 0 amide bonds. The molecular formula is C17H31IN4O2S. The SMILES string of the molecule is CCCCN(C)C(=NCc1ccccc1S(=O)(=O)N(C)C)NCC.I. The molecule has 1 N–H and O–H groups in total. The molecule has 0 unspecified atom stereocenters. The van der Waals surface area contributed by atoms with Crippen LogP contribution in [0.5, 0.6) is 0 Å². The summed E-state index contributed by atoms with van der Waals surface area (Å²) < 4.78 is 26.1. The summed E-state index contributed by atoms with van der Waals surface area (Å²) in [5.41, 5.74) is 0.700. The number of nitrogens with zero attached hydrogens (tertiary/aromatic N) is 3. The molecule has 1 rings (SSSR count). The minimum Gasteiger partial charge on any atom is -0.357 e. The van der Waals surface area contributed by atoms with Crippen LogP contribution >= 0.6 is 24.0 Å². The fraction of sp³-hybridized carbons (Fsp3) is 0.588. The minimum atomic E-state index is -3.47. The van der Waals surface area contributed by atoms with Gasteiger partial charge in [0.05, 0.1) is 11.4 Å². The van der Waals surface area contributed by atoms with Crippen LogP contribution in [0.25, 0.3) is 0 Å². The molecule has 0 aliphatic rings. The highest BCUT2D eigenvalue weighted by Crippen LogP contribution is 2.19. The maximum atomic E-state index is 12.4. The van der Waals surface area contributed by atoms with Crippen molar-refractivity contribution in [1.82, 2.24) is 14.5 Å². The molecule has 25 heavy (non-hydrogen) atoms. The number of sulfonamides is 1. The lowest BCUT2D eigenvalue weighted by atomic mass is 10.2. The molecule has 8 heteroatoms. The highest BCUT2D eigenvalue weighted by Gasteiger charge is 2.20. The first-order chi connectivity index (χ1) is 11.3. The van der Waals surface area contributed by atoms with Crippen LogP contribution in [0.4, 0.5) is 0 Å². The third-order valence-electron chi connectivity index (χ3n) is 3.67. The van der Waals surface area contributed by atoms with Crippen LogP contribution in [0.2, 0.25) is 0 Å². The van der Waals surface area contributed by atoms with Crippen molar-refractivity contribution in [2.45, 2.75) is 38.1 Å². The molecule has 0 spiro atoms. The summed E-state index contributed by atoms with van der Waals surface area (Å²) in [6.07, 6.45) is 2.21. The Bertz CT molecular complexity index is 648. The Morgan fingerprint density at radius 2 is 1.80 bits per heavy atom. The fourth-order valence-corrected chi connectivity index (χ4v) is 3.32. The van der Waals surface area contributed by atoms with Crippen molar-refractivity contribution >= 4 is 40.0 Å². The van der Waals surface area contributed by atoms with E-state index in [4.69, 9.17) is 0 Å². The van der Waals surface area contributed by atoms with E-state index >= 15 is 0 Å². The number of nitrogens with one attached hydrogen (secondary N) is 1. The van der Waals surface area contributed by atoms with Crippen LogP contribution in [-0.4, -0.2) is 57.8 Å². The van der Waals surface area contributed by atoms with Gasteiger partial charge in [-0.3, -0.25) is 0 Å². The van der Waals surface area contributed by atoms with E-state index in [-0.39, 0.29) is 24.0 Å². The zero-order chi connectivity index (χ0) is 18.2. The monoisotopic (exact) mass is 482 g/mol. The Balaban J connectivity index is 0.00000576. The standard InChI is InChI=1S/C17H30N4O2S.HI/c1-6-8-13-21(5)17(18-7-2)19-14-15-11-9-10-12-16(15)24(22,23)20(3)4;/h9-12H,6-8,13-14H2,1-5H3,(H,18,19);1H. The van der Waals surface area contributed by atoms with Crippen molar-refractivity contribution in [3.05, 3.63) is 29.8 Å². The first-order valence-corrected chi connectivity index (χ1v) is 9.78. The number of aliphatic imine (C=N–C) groups is 1. The predicted octanol–water partition coefficient (Wildman–Crippen LogP) is 2.75. The average Bonchev–Trinajstić information content (AvgIpc) is 2.56. The van der Waals surface area contributed by atoms with Crippen molar-refractivity contribution in [1.29, 1.82) is 0 Å². The van der Waals surface area contributed by atoms with Gasteiger partial charge in [0.25, 0.3) is 0 Å². The quantitative estimate of drug-likeness (QED) is 0.352. The van der Waals surface area contributed by atoms with Gasteiger partial charge in [0.15, 0.2) is 5.96 Å². The summed E-state index contributed by atoms with van der Waals surface area (Å²) in [5, 5.41) is 3.26. The van der Waals surface area contributed by atoms with Gasteiger partial charge in [-0.05, 0) is 25.0 Å². The molecular weight excluding hydrogens is 451 g/mol. The molecule has 0 saturated heterocycles. The lowest BCUT2D eigenvalue weighted by Gasteiger charge is -2.22. The van der Waals surface area contributed by atoms with E-state index < -0.39 is 10.0 Å². The van der Waals surface area contributed by atoms with Gasteiger partial charge in [0, 0.05) is 34.2 Å². The van der Waals surface area contributed by atoms with Crippen molar-refractivity contribution in [3.63, 3.8) is 0 Å². The number of guanidine groups is 1. The summed E-state index contributed by atoms with van der Waals surface area (Å²) in [4.78, 5) is 7.01. The lowest BCUT2D eigenvalue weighted by Crippen LogP contribution is -2.39. The molecule has 1 aromatic rings. The molecule has 0 heterocycles. The molecule has 0 fully saturated rings. The number of unbranched alkanes of at least 4 members (excludes halogenated alkanes) is 1. The van der Waals surface area contributed by atoms with Gasteiger partial charge in [-0.15, -0.1) is 24.0 Å². The highest BCUT2D eigenvalue weighted by atomic mass is 127. The second kappa shape index (κ2) is 11.7. The van der Waals surface area contributed by atoms with Crippen LogP contribution in [0.1, 0.15) is 32.3 Å². The van der Waals surface area contributed by atoms with Gasteiger partial charge >= 0.3 is 0 Å². The zero-order valence-electron chi connectivity index (χ0n) is 15.8. The van der Waals surface area contributed by atoms with Crippen molar-refractivity contribution in [2.24, 2.45) is 4.99 Å². The van der Waals surface area contributed by atoms with E-state index in [2.05, 4.69) is 22.1 Å². The van der Waals surface area contributed by atoms with E-state index in [1.54, 1.807) is 12.1 Å². The second-order valence-electron chi connectivity index (χ2n) is 5.84. The van der Waals surface area contributed by atoms with E-state index in [0.717, 1.165) is 31.9 Å². The van der Waals surface area contributed by atoms with E-state index in [1.165, 1.54) is 18.4 Å². The normalized spacial score (nSPS) is 12.0. The third kappa shape index (κ3) is 7.10. The van der Waals surface area contributed by atoms with Crippen LogP contribution in [-0.2, 0) is 16.6 Å². The van der Waals surface area contributed by atoms with Gasteiger partial charge in [-0.1, -0.05) is 31.5 Å². The molecule has 0 atom stereocenters. The molecule has 0 aromatic heterocycles. The maximum absolute atomic E-state index is 12.4. The predicted molar refractivity (Wildman–Crippen MR) is 115 cm³/mol. The molecule has 0 aliphatic heterocycles. The molecule has 144 valence electrons.